The molecule has 0 aliphatic heterocycles. The predicted molar refractivity (Wildman–Crippen MR) is 91.0 cm³/mol. The van der Waals surface area contributed by atoms with Gasteiger partial charge in [-0.2, -0.15) is 0 Å². The molecule has 4 rings (SSSR count). The van der Waals surface area contributed by atoms with Crippen molar-refractivity contribution in [1.82, 2.24) is 0 Å². The summed E-state index contributed by atoms with van der Waals surface area (Å²) in [4.78, 5) is 24.8. The third-order valence-corrected chi connectivity index (χ3v) is 9.72. The quantitative estimate of drug-likeness (QED) is 0.634. The fraction of sp³-hybridized carbons (Fsp3) is 0.905. The van der Waals surface area contributed by atoms with Crippen LogP contribution in [0.25, 0.3) is 0 Å². The maximum atomic E-state index is 12.6. The van der Waals surface area contributed by atoms with Crippen molar-refractivity contribution in [3.05, 3.63) is 0 Å². The highest BCUT2D eigenvalue weighted by molar-refractivity contribution is 5.88. The average Bonchev–Trinajstić information content (AvgIpc) is 2.73. The molecule has 23 heavy (non-hydrogen) atoms. The standard InChI is InChI=1S/C21H32O2/c1-18-9-6-16-15(19(18,2)10-5-14(22)13-18)7-11-21(4)17(23)8-12-20(16,21)3/h15-16H,5-13H2,1-4H3/t15-,16-,18+,19-,20-,21-/m1/s1. The minimum absolute atomic E-state index is 0.0806. The molecule has 4 aliphatic carbocycles. The van der Waals surface area contributed by atoms with Gasteiger partial charge >= 0.3 is 0 Å². The van der Waals surface area contributed by atoms with Crippen LogP contribution >= 0.6 is 0 Å². The lowest BCUT2D eigenvalue weighted by atomic mass is 9.38. The van der Waals surface area contributed by atoms with Crippen LogP contribution in [0.1, 0.15) is 85.5 Å². The van der Waals surface area contributed by atoms with Crippen molar-refractivity contribution in [3.63, 3.8) is 0 Å². The van der Waals surface area contributed by atoms with Gasteiger partial charge in [0, 0.05) is 24.7 Å². The van der Waals surface area contributed by atoms with Crippen LogP contribution in [0.5, 0.6) is 0 Å². The number of hydrogen-bond donors (Lipinski definition) is 0. The summed E-state index contributed by atoms with van der Waals surface area (Å²) in [6.45, 7) is 9.56. The third-order valence-electron chi connectivity index (χ3n) is 9.72. The Morgan fingerprint density at radius 1 is 0.783 bits per heavy atom. The summed E-state index contributed by atoms with van der Waals surface area (Å²) in [7, 11) is 0. The first kappa shape index (κ1) is 15.8. The van der Waals surface area contributed by atoms with Gasteiger partial charge in [0.15, 0.2) is 0 Å². The molecule has 0 spiro atoms. The monoisotopic (exact) mass is 316 g/mol. The molecule has 0 aromatic carbocycles. The Kier molecular flexibility index (Phi) is 3.09. The molecule has 0 aromatic rings. The predicted octanol–water partition coefficient (Wildman–Crippen LogP) is 4.95. The molecule has 4 aliphatic rings. The second-order valence-corrected chi connectivity index (χ2v) is 10.2. The Morgan fingerprint density at radius 2 is 1.39 bits per heavy atom. The zero-order chi connectivity index (χ0) is 16.7. The van der Waals surface area contributed by atoms with Crippen LogP contribution in [0.4, 0.5) is 0 Å². The largest absolute Gasteiger partial charge is 0.300 e. The van der Waals surface area contributed by atoms with Crippen LogP contribution in [0.15, 0.2) is 0 Å². The van der Waals surface area contributed by atoms with Crippen molar-refractivity contribution >= 4 is 11.6 Å². The average molecular weight is 316 g/mol. The summed E-state index contributed by atoms with van der Waals surface area (Å²) in [5, 5.41) is 0. The van der Waals surface area contributed by atoms with Crippen molar-refractivity contribution in [2.75, 3.05) is 0 Å². The van der Waals surface area contributed by atoms with Crippen LogP contribution in [0, 0.1) is 33.5 Å². The Balaban J connectivity index is 1.75. The Hall–Kier alpha value is -0.660. The number of fused-ring (bicyclic) bond motifs is 5. The first-order valence-corrected chi connectivity index (χ1v) is 9.71. The van der Waals surface area contributed by atoms with E-state index in [4.69, 9.17) is 0 Å². The molecular weight excluding hydrogens is 284 g/mol. The summed E-state index contributed by atoms with van der Waals surface area (Å²) in [5.41, 5.74) is 0.595. The van der Waals surface area contributed by atoms with Crippen molar-refractivity contribution < 1.29 is 9.59 Å². The summed E-state index contributed by atoms with van der Waals surface area (Å²) in [6, 6.07) is 0. The van der Waals surface area contributed by atoms with Gasteiger partial charge in [-0.3, -0.25) is 9.59 Å². The SMILES string of the molecule is C[C@@]12CC[C@@H]3[C@@H](CC[C@]4(C)C(=O)CC[C@]34C)[C@@]1(C)CCC(=O)C2. The zero-order valence-corrected chi connectivity index (χ0v) is 15.3. The van der Waals surface area contributed by atoms with Gasteiger partial charge in [0.2, 0.25) is 0 Å². The molecular formula is C21H32O2. The van der Waals surface area contributed by atoms with Gasteiger partial charge in [0.1, 0.15) is 11.6 Å². The first-order chi connectivity index (χ1) is 10.7. The van der Waals surface area contributed by atoms with Crippen LogP contribution < -0.4 is 0 Å². The van der Waals surface area contributed by atoms with E-state index in [9.17, 15) is 9.59 Å². The van der Waals surface area contributed by atoms with E-state index in [1.54, 1.807) is 0 Å². The van der Waals surface area contributed by atoms with Crippen molar-refractivity contribution in [3.8, 4) is 0 Å². The van der Waals surface area contributed by atoms with Crippen LogP contribution in [0.2, 0.25) is 0 Å². The minimum Gasteiger partial charge on any atom is -0.300 e. The second kappa shape index (κ2) is 4.49. The molecule has 4 saturated carbocycles. The highest BCUT2D eigenvalue weighted by Crippen LogP contribution is 2.72. The van der Waals surface area contributed by atoms with Gasteiger partial charge in [-0.25, -0.2) is 0 Å². The number of hydrogen-bond acceptors (Lipinski definition) is 2. The fourth-order valence-electron chi connectivity index (χ4n) is 7.54. The Bertz CT molecular complexity index is 580. The topological polar surface area (TPSA) is 34.1 Å². The van der Waals surface area contributed by atoms with E-state index >= 15 is 0 Å². The molecule has 0 saturated heterocycles. The van der Waals surface area contributed by atoms with Crippen LogP contribution in [0.3, 0.4) is 0 Å². The molecule has 2 nitrogen and oxygen atoms in total. The van der Waals surface area contributed by atoms with Gasteiger partial charge in [-0.05, 0) is 66.6 Å². The van der Waals surface area contributed by atoms with E-state index in [1.807, 2.05) is 0 Å². The van der Waals surface area contributed by atoms with E-state index in [1.165, 1.54) is 19.3 Å². The number of carbonyl (C=O) groups is 2. The molecule has 0 aromatic heterocycles. The van der Waals surface area contributed by atoms with Gasteiger partial charge < -0.3 is 0 Å². The van der Waals surface area contributed by atoms with E-state index in [0.717, 1.165) is 38.5 Å². The number of Topliss-reactive ketones (excluding diaryl/α,β-unsaturated/α-hetero) is 2. The van der Waals surface area contributed by atoms with E-state index in [0.29, 0.717) is 28.8 Å². The van der Waals surface area contributed by atoms with Crippen molar-refractivity contribution in [2.24, 2.45) is 33.5 Å². The third kappa shape index (κ3) is 1.71. The lowest BCUT2D eigenvalue weighted by Crippen LogP contribution is -2.60. The summed E-state index contributed by atoms with van der Waals surface area (Å²) in [5.74, 6) is 2.39. The van der Waals surface area contributed by atoms with Gasteiger partial charge in [0.25, 0.3) is 0 Å². The van der Waals surface area contributed by atoms with Crippen molar-refractivity contribution in [2.45, 2.75) is 85.5 Å². The van der Waals surface area contributed by atoms with Gasteiger partial charge in [-0.15, -0.1) is 0 Å². The molecule has 0 N–H and O–H groups in total. The molecule has 128 valence electrons. The van der Waals surface area contributed by atoms with Gasteiger partial charge in [-0.1, -0.05) is 27.7 Å². The molecule has 4 fully saturated rings. The molecule has 2 heteroatoms. The van der Waals surface area contributed by atoms with E-state index < -0.39 is 0 Å². The van der Waals surface area contributed by atoms with Gasteiger partial charge in [0.05, 0.1) is 0 Å². The van der Waals surface area contributed by atoms with E-state index in [2.05, 4.69) is 27.7 Å². The highest BCUT2D eigenvalue weighted by atomic mass is 16.1. The highest BCUT2D eigenvalue weighted by Gasteiger charge is 2.67. The van der Waals surface area contributed by atoms with Crippen molar-refractivity contribution in [1.29, 1.82) is 0 Å². The number of rotatable bonds is 0. The molecule has 0 heterocycles. The minimum atomic E-state index is -0.0806. The lowest BCUT2D eigenvalue weighted by Gasteiger charge is -2.66. The summed E-state index contributed by atoms with van der Waals surface area (Å²) >= 11 is 0. The first-order valence-electron chi connectivity index (χ1n) is 9.71. The molecule has 6 atom stereocenters. The summed E-state index contributed by atoms with van der Waals surface area (Å²) < 4.78 is 0. The lowest BCUT2D eigenvalue weighted by molar-refractivity contribution is -0.182. The smallest absolute Gasteiger partial charge is 0.139 e. The molecule has 0 radical (unpaired) electrons. The Morgan fingerprint density at radius 3 is 2.13 bits per heavy atom. The second-order valence-electron chi connectivity index (χ2n) is 10.2. The molecule has 0 bridgehead atoms. The molecule has 0 amide bonds. The van der Waals surface area contributed by atoms with E-state index in [-0.39, 0.29) is 16.2 Å². The van der Waals surface area contributed by atoms with Crippen LogP contribution in [-0.4, -0.2) is 11.6 Å². The molecule has 0 unspecified atom stereocenters. The maximum absolute atomic E-state index is 12.6. The fourth-order valence-corrected chi connectivity index (χ4v) is 7.54. The number of ketones is 2. The number of carbonyl (C=O) groups excluding carboxylic acids is 2. The van der Waals surface area contributed by atoms with Crippen LogP contribution in [-0.2, 0) is 9.59 Å². The zero-order valence-electron chi connectivity index (χ0n) is 15.3. The Labute approximate surface area is 140 Å². The summed E-state index contributed by atoms with van der Waals surface area (Å²) in [6.07, 6.45) is 9.20. The maximum Gasteiger partial charge on any atom is 0.139 e. The normalized spacial score (nSPS) is 56.0.